The van der Waals surface area contributed by atoms with E-state index in [1.807, 2.05) is 4.72 Å². The summed E-state index contributed by atoms with van der Waals surface area (Å²) in [4.78, 5) is 10.6. The summed E-state index contributed by atoms with van der Waals surface area (Å²) >= 11 is 0. The minimum atomic E-state index is -4.21. The molecule has 0 aliphatic carbocycles. The molecule has 22 heavy (non-hydrogen) atoms. The lowest BCUT2D eigenvalue weighted by atomic mass is 10.1. The van der Waals surface area contributed by atoms with Gasteiger partial charge in [-0.05, 0) is 36.8 Å². The van der Waals surface area contributed by atoms with E-state index in [-0.39, 0.29) is 10.5 Å². The second-order valence-electron chi connectivity index (χ2n) is 4.52. The lowest BCUT2D eigenvalue weighted by molar-refractivity contribution is 0.0696. The number of carboxylic acids is 1. The van der Waals surface area contributed by atoms with Crippen molar-refractivity contribution in [3.05, 3.63) is 59.2 Å². The van der Waals surface area contributed by atoms with E-state index in [0.717, 1.165) is 18.2 Å². The number of nitrogens with one attached hydrogen (secondary N) is 1. The predicted molar refractivity (Wildman–Crippen MR) is 75.3 cm³/mol. The quantitative estimate of drug-likeness (QED) is 0.904. The lowest BCUT2D eigenvalue weighted by Crippen LogP contribution is -2.16. The molecule has 2 N–H and O–H groups in total. The van der Waals surface area contributed by atoms with Crippen LogP contribution in [0.15, 0.2) is 41.3 Å². The van der Waals surface area contributed by atoms with Gasteiger partial charge in [-0.25, -0.2) is 22.0 Å². The molecule has 0 atom stereocenters. The first-order chi connectivity index (χ1) is 10.2. The molecule has 116 valence electrons. The van der Waals surface area contributed by atoms with Crippen LogP contribution >= 0.6 is 0 Å². The maximum absolute atomic E-state index is 13.5. The Morgan fingerprint density at radius 3 is 2.41 bits per heavy atom. The van der Waals surface area contributed by atoms with E-state index in [0.29, 0.717) is 11.6 Å². The van der Waals surface area contributed by atoms with Gasteiger partial charge < -0.3 is 5.11 Å². The molecular weight excluding hydrogens is 316 g/mol. The van der Waals surface area contributed by atoms with Crippen LogP contribution in [0.5, 0.6) is 0 Å². The minimum absolute atomic E-state index is 0.217. The van der Waals surface area contributed by atoms with Gasteiger partial charge in [-0.3, -0.25) is 4.72 Å². The Morgan fingerprint density at radius 2 is 1.82 bits per heavy atom. The number of carbonyl (C=O) groups is 1. The molecule has 0 spiro atoms. The van der Waals surface area contributed by atoms with Crippen LogP contribution in [0, 0.1) is 18.6 Å². The topological polar surface area (TPSA) is 83.5 Å². The van der Waals surface area contributed by atoms with Gasteiger partial charge in [0.15, 0.2) is 0 Å². The van der Waals surface area contributed by atoms with Gasteiger partial charge in [-0.15, -0.1) is 0 Å². The number of carboxylic acid groups (broad SMARTS) is 1. The van der Waals surface area contributed by atoms with Gasteiger partial charge in [0.25, 0.3) is 10.0 Å². The molecule has 5 nitrogen and oxygen atoms in total. The molecule has 0 aliphatic heterocycles. The first-order valence-electron chi connectivity index (χ1n) is 6.02. The van der Waals surface area contributed by atoms with Crippen LogP contribution in [-0.4, -0.2) is 19.5 Å². The largest absolute Gasteiger partial charge is 0.478 e. The summed E-state index contributed by atoms with van der Waals surface area (Å²) in [5, 5.41) is 8.91. The van der Waals surface area contributed by atoms with Crippen LogP contribution in [0.3, 0.4) is 0 Å². The molecule has 2 aromatic carbocycles. The Bertz CT molecular complexity index is 850. The van der Waals surface area contributed by atoms with Crippen molar-refractivity contribution in [2.45, 2.75) is 11.8 Å². The van der Waals surface area contributed by atoms with E-state index >= 15 is 0 Å². The molecular formula is C14H11F2NO4S. The summed E-state index contributed by atoms with van der Waals surface area (Å²) in [5.41, 5.74) is -0.355. The maximum Gasteiger partial charge on any atom is 0.335 e. The van der Waals surface area contributed by atoms with Crippen molar-refractivity contribution in [2.75, 3.05) is 4.72 Å². The normalized spacial score (nSPS) is 11.2. The van der Waals surface area contributed by atoms with Gasteiger partial charge in [-0.2, -0.15) is 0 Å². The second-order valence-corrected chi connectivity index (χ2v) is 6.17. The Labute approximate surface area is 125 Å². The van der Waals surface area contributed by atoms with Crippen molar-refractivity contribution in [2.24, 2.45) is 0 Å². The fourth-order valence-corrected chi connectivity index (χ4v) is 3.13. The van der Waals surface area contributed by atoms with E-state index in [1.165, 1.54) is 19.1 Å². The third kappa shape index (κ3) is 3.22. The average Bonchev–Trinajstić information content (AvgIpc) is 2.42. The Balaban J connectivity index is 2.46. The van der Waals surface area contributed by atoms with Crippen molar-refractivity contribution in [1.29, 1.82) is 0 Å². The van der Waals surface area contributed by atoms with E-state index in [9.17, 15) is 22.0 Å². The molecule has 0 saturated heterocycles. The Hall–Kier alpha value is -2.48. The fourth-order valence-electron chi connectivity index (χ4n) is 1.79. The van der Waals surface area contributed by atoms with Crippen LogP contribution in [0.4, 0.5) is 14.5 Å². The average molecular weight is 327 g/mol. The molecule has 0 saturated carbocycles. The van der Waals surface area contributed by atoms with Gasteiger partial charge in [0.05, 0.1) is 16.1 Å². The van der Waals surface area contributed by atoms with Crippen molar-refractivity contribution >= 4 is 21.7 Å². The second kappa shape index (κ2) is 5.72. The highest BCUT2D eigenvalue weighted by Gasteiger charge is 2.20. The summed E-state index contributed by atoms with van der Waals surface area (Å²) in [5.74, 6) is -3.20. The third-order valence-electron chi connectivity index (χ3n) is 2.90. The highest BCUT2D eigenvalue weighted by Crippen LogP contribution is 2.23. The standard InChI is InChI=1S/C14H11F2NO4S/c1-8-2-3-9(14(18)19)6-13(8)22(20,21)17-12-5-4-10(15)7-11(12)16/h2-7,17H,1H3,(H,18,19). The number of halogens is 2. The van der Waals surface area contributed by atoms with Crippen LogP contribution < -0.4 is 4.72 Å². The molecule has 0 bridgehead atoms. The summed E-state index contributed by atoms with van der Waals surface area (Å²) in [6.07, 6.45) is 0. The molecule has 0 heterocycles. The highest BCUT2D eigenvalue weighted by molar-refractivity contribution is 7.92. The monoisotopic (exact) mass is 327 g/mol. The Kier molecular flexibility index (Phi) is 4.14. The summed E-state index contributed by atoms with van der Waals surface area (Å²) < 4.78 is 52.9. The number of sulfonamides is 1. The first-order valence-corrected chi connectivity index (χ1v) is 7.51. The maximum atomic E-state index is 13.5. The van der Waals surface area contributed by atoms with Gasteiger partial charge in [0.2, 0.25) is 0 Å². The number of benzene rings is 2. The van der Waals surface area contributed by atoms with E-state index in [4.69, 9.17) is 5.11 Å². The molecule has 2 aromatic rings. The summed E-state index contributed by atoms with van der Waals surface area (Å²) in [6, 6.07) is 5.95. The lowest BCUT2D eigenvalue weighted by Gasteiger charge is -2.11. The number of anilines is 1. The number of aryl methyl sites for hydroxylation is 1. The molecule has 8 heteroatoms. The molecule has 0 aromatic heterocycles. The van der Waals surface area contributed by atoms with Crippen molar-refractivity contribution in [1.82, 2.24) is 0 Å². The van der Waals surface area contributed by atoms with Crippen LogP contribution in [0.2, 0.25) is 0 Å². The minimum Gasteiger partial charge on any atom is -0.478 e. The van der Waals surface area contributed by atoms with E-state index in [1.54, 1.807) is 0 Å². The number of hydrogen-bond donors (Lipinski definition) is 2. The molecule has 2 rings (SSSR count). The van der Waals surface area contributed by atoms with Crippen LogP contribution in [-0.2, 0) is 10.0 Å². The van der Waals surface area contributed by atoms with Crippen molar-refractivity contribution < 1.29 is 27.1 Å². The van der Waals surface area contributed by atoms with E-state index in [2.05, 4.69) is 0 Å². The smallest absolute Gasteiger partial charge is 0.335 e. The third-order valence-corrected chi connectivity index (χ3v) is 4.41. The number of hydrogen-bond acceptors (Lipinski definition) is 3. The SMILES string of the molecule is Cc1ccc(C(=O)O)cc1S(=O)(=O)Nc1ccc(F)cc1F. The van der Waals surface area contributed by atoms with Crippen molar-refractivity contribution in [3.63, 3.8) is 0 Å². The molecule has 0 radical (unpaired) electrons. The van der Waals surface area contributed by atoms with E-state index < -0.39 is 33.3 Å². The zero-order chi connectivity index (χ0) is 16.5. The number of aromatic carboxylic acids is 1. The van der Waals surface area contributed by atoms with Gasteiger partial charge in [0.1, 0.15) is 11.6 Å². The van der Waals surface area contributed by atoms with Gasteiger partial charge >= 0.3 is 5.97 Å². The summed E-state index contributed by atoms with van der Waals surface area (Å²) in [6.45, 7) is 1.47. The molecule has 0 fully saturated rings. The predicted octanol–water partition coefficient (Wildman–Crippen LogP) is 2.77. The highest BCUT2D eigenvalue weighted by atomic mass is 32.2. The van der Waals surface area contributed by atoms with Gasteiger partial charge in [-0.1, -0.05) is 6.07 Å². The van der Waals surface area contributed by atoms with Crippen LogP contribution in [0.1, 0.15) is 15.9 Å². The zero-order valence-corrected chi connectivity index (χ0v) is 12.1. The van der Waals surface area contributed by atoms with Crippen molar-refractivity contribution in [3.8, 4) is 0 Å². The van der Waals surface area contributed by atoms with Gasteiger partial charge in [0, 0.05) is 6.07 Å². The zero-order valence-electron chi connectivity index (χ0n) is 11.3. The number of rotatable bonds is 4. The molecule has 0 amide bonds. The molecule has 0 aliphatic rings. The molecule has 0 unspecified atom stereocenters. The summed E-state index contributed by atoms with van der Waals surface area (Å²) in [7, 11) is -4.21. The first kappa shape index (κ1) is 15.9. The fraction of sp³-hybridized carbons (Fsp3) is 0.0714. The Morgan fingerprint density at radius 1 is 1.14 bits per heavy atom. The van der Waals surface area contributed by atoms with Crippen LogP contribution in [0.25, 0.3) is 0 Å².